The summed E-state index contributed by atoms with van der Waals surface area (Å²) in [5.74, 6) is 0.722. The molecule has 2 heterocycles. The molecule has 1 N–H and O–H groups in total. The van der Waals surface area contributed by atoms with Crippen molar-refractivity contribution in [1.29, 1.82) is 0 Å². The lowest BCUT2D eigenvalue weighted by Crippen LogP contribution is -2.28. The first-order valence-electron chi connectivity index (χ1n) is 7.31. The number of hydrogen-bond acceptors (Lipinski definition) is 6. The van der Waals surface area contributed by atoms with Crippen LogP contribution >= 0.6 is 11.3 Å². The Hall–Kier alpha value is -1.97. The van der Waals surface area contributed by atoms with E-state index in [-0.39, 0.29) is 5.03 Å². The predicted molar refractivity (Wildman–Crippen MR) is 92.1 cm³/mol. The maximum Gasteiger partial charge on any atom is 0.260 e. The van der Waals surface area contributed by atoms with Crippen LogP contribution in [0.2, 0.25) is 0 Å². The number of nitrogens with zero attached hydrogens (tertiary/aromatic N) is 3. The number of fused-ring (bicyclic) bond motifs is 1. The molecule has 0 amide bonds. The average molecular weight is 366 g/mol. The Morgan fingerprint density at radius 2 is 1.92 bits per heavy atom. The van der Waals surface area contributed by atoms with E-state index in [1.165, 1.54) is 15.9 Å². The molecule has 128 valence electrons. The third-order valence-electron chi connectivity index (χ3n) is 3.63. The smallest absolute Gasteiger partial charge is 0.260 e. The minimum atomic E-state index is -3.76. The van der Waals surface area contributed by atoms with Crippen molar-refractivity contribution in [2.75, 3.05) is 7.11 Å². The Morgan fingerprint density at radius 3 is 2.54 bits per heavy atom. The fourth-order valence-corrected chi connectivity index (χ4v) is 4.83. The minimum Gasteiger partial charge on any atom is -0.497 e. The number of imidazole rings is 1. The van der Waals surface area contributed by atoms with Crippen molar-refractivity contribution in [3.63, 3.8) is 0 Å². The largest absolute Gasteiger partial charge is 0.497 e. The second-order valence-electron chi connectivity index (χ2n) is 5.43. The van der Waals surface area contributed by atoms with Crippen molar-refractivity contribution in [2.24, 2.45) is 0 Å². The van der Waals surface area contributed by atoms with Gasteiger partial charge in [-0.2, -0.15) is 9.61 Å². The lowest BCUT2D eigenvalue weighted by atomic mass is 10.1. The van der Waals surface area contributed by atoms with E-state index in [4.69, 9.17) is 4.74 Å². The van der Waals surface area contributed by atoms with Gasteiger partial charge in [-0.15, -0.1) is 0 Å². The van der Waals surface area contributed by atoms with Crippen molar-refractivity contribution in [1.82, 2.24) is 19.3 Å². The van der Waals surface area contributed by atoms with Gasteiger partial charge in [0.25, 0.3) is 10.0 Å². The Kier molecular flexibility index (Phi) is 4.33. The molecule has 0 aliphatic carbocycles. The molecule has 24 heavy (non-hydrogen) atoms. The molecule has 1 atom stereocenters. The highest BCUT2D eigenvalue weighted by Crippen LogP contribution is 2.24. The van der Waals surface area contributed by atoms with Gasteiger partial charge in [0.15, 0.2) is 5.03 Å². The maximum atomic E-state index is 12.8. The lowest BCUT2D eigenvalue weighted by Gasteiger charge is -2.14. The average Bonchev–Trinajstić information content (AvgIpc) is 3.00. The summed E-state index contributed by atoms with van der Waals surface area (Å²) >= 11 is 1.36. The van der Waals surface area contributed by atoms with Crippen LogP contribution in [-0.2, 0) is 10.0 Å². The molecular formula is C15H18N4O3S2. The van der Waals surface area contributed by atoms with Gasteiger partial charge in [0.2, 0.25) is 4.96 Å². The molecule has 3 aromatic rings. The molecule has 0 fully saturated rings. The number of rotatable bonds is 5. The van der Waals surface area contributed by atoms with Gasteiger partial charge in [-0.3, -0.25) is 0 Å². The second-order valence-corrected chi connectivity index (χ2v) is 8.22. The Morgan fingerprint density at radius 1 is 1.25 bits per heavy atom. The number of aryl methyl sites for hydroxylation is 2. The van der Waals surface area contributed by atoms with Gasteiger partial charge in [0, 0.05) is 6.04 Å². The number of methoxy groups -OCH3 is 1. The molecule has 0 saturated carbocycles. The van der Waals surface area contributed by atoms with E-state index >= 15 is 0 Å². The van der Waals surface area contributed by atoms with Gasteiger partial charge in [0.1, 0.15) is 10.8 Å². The molecule has 3 rings (SSSR count). The van der Waals surface area contributed by atoms with Crippen molar-refractivity contribution < 1.29 is 13.2 Å². The molecule has 7 nitrogen and oxygen atoms in total. The highest BCUT2D eigenvalue weighted by atomic mass is 32.2. The van der Waals surface area contributed by atoms with E-state index in [2.05, 4.69) is 14.8 Å². The second kappa shape index (κ2) is 6.15. The fourth-order valence-electron chi connectivity index (χ4n) is 2.48. The summed E-state index contributed by atoms with van der Waals surface area (Å²) in [6.07, 6.45) is 0. The molecule has 0 aliphatic rings. The monoisotopic (exact) mass is 366 g/mol. The zero-order valence-electron chi connectivity index (χ0n) is 13.8. The first-order chi connectivity index (χ1) is 11.3. The summed E-state index contributed by atoms with van der Waals surface area (Å²) in [7, 11) is -2.17. The van der Waals surface area contributed by atoms with Crippen LogP contribution in [0.25, 0.3) is 4.96 Å². The summed E-state index contributed by atoms with van der Waals surface area (Å²) in [4.78, 5) is 4.86. The van der Waals surface area contributed by atoms with E-state index in [0.29, 0.717) is 10.7 Å². The molecule has 0 spiro atoms. The first-order valence-corrected chi connectivity index (χ1v) is 9.61. The maximum absolute atomic E-state index is 12.8. The van der Waals surface area contributed by atoms with Crippen LogP contribution in [0.5, 0.6) is 5.75 Å². The summed E-state index contributed by atoms with van der Waals surface area (Å²) in [5, 5.41) is 5.09. The van der Waals surface area contributed by atoms with E-state index in [9.17, 15) is 8.42 Å². The predicted octanol–water partition coefficient (Wildman–Crippen LogP) is 2.46. The number of benzene rings is 1. The molecule has 0 saturated heterocycles. The Balaban J connectivity index is 1.93. The summed E-state index contributed by atoms with van der Waals surface area (Å²) in [5.41, 5.74) is 1.27. The number of sulfonamides is 1. The van der Waals surface area contributed by atoms with Gasteiger partial charge in [0.05, 0.1) is 12.8 Å². The van der Waals surface area contributed by atoms with Crippen molar-refractivity contribution in [3.05, 3.63) is 40.5 Å². The minimum absolute atomic E-state index is 0.0854. The number of nitrogens with one attached hydrogen (secondary N) is 1. The normalized spacial score (nSPS) is 13.3. The van der Waals surface area contributed by atoms with Crippen LogP contribution in [-0.4, -0.2) is 30.1 Å². The zero-order valence-corrected chi connectivity index (χ0v) is 15.4. The van der Waals surface area contributed by atoms with Crippen molar-refractivity contribution in [3.8, 4) is 5.75 Å². The van der Waals surface area contributed by atoms with Crippen LogP contribution in [0.15, 0.2) is 29.3 Å². The molecule has 0 bridgehead atoms. The molecule has 1 aromatic carbocycles. The van der Waals surface area contributed by atoms with Gasteiger partial charge in [-0.25, -0.2) is 18.1 Å². The van der Waals surface area contributed by atoms with Crippen molar-refractivity contribution >= 4 is 26.3 Å². The van der Waals surface area contributed by atoms with Crippen LogP contribution in [0.4, 0.5) is 0 Å². The summed E-state index contributed by atoms with van der Waals surface area (Å²) in [6, 6.07) is 6.86. The quantitative estimate of drug-likeness (QED) is 0.750. The molecule has 9 heteroatoms. The molecule has 1 unspecified atom stereocenters. The van der Waals surface area contributed by atoms with Crippen LogP contribution in [0.3, 0.4) is 0 Å². The van der Waals surface area contributed by atoms with Crippen LogP contribution < -0.4 is 9.46 Å². The molecule has 0 radical (unpaired) electrons. The van der Waals surface area contributed by atoms with Crippen molar-refractivity contribution in [2.45, 2.75) is 31.8 Å². The highest BCUT2D eigenvalue weighted by Gasteiger charge is 2.27. The summed E-state index contributed by atoms with van der Waals surface area (Å²) in [6.45, 7) is 5.28. The molecule has 0 aliphatic heterocycles. The van der Waals surface area contributed by atoms with Crippen LogP contribution in [0, 0.1) is 13.8 Å². The number of aromatic nitrogens is 3. The first kappa shape index (κ1) is 16.9. The summed E-state index contributed by atoms with van der Waals surface area (Å²) < 4.78 is 34.8. The van der Waals surface area contributed by atoms with Gasteiger partial charge < -0.3 is 4.74 Å². The third kappa shape index (κ3) is 3.02. The van der Waals surface area contributed by atoms with E-state index in [0.717, 1.165) is 16.3 Å². The van der Waals surface area contributed by atoms with E-state index in [1.807, 2.05) is 19.1 Å². The molecule has 2 aromatic heterocycles. The Bertz CT molecular complexity index is 974. The van der Waals surface area contributed by atoms with Crippen LogP contribution in [0.1, 0.15) is 29.2 Å². The topological polar surface area (TPSA) is 85.6 Å². The number of hydrogen-bond donors (Lipinski definition) is 1. The van der Waals surface area contributed by atoms with E-state index < -0.39 is 16.1 Å². The van der Waals surface area contributed by atoms with Gasteiger partial charge in [-0.05, 0) is 38.5 Å². The van der Waals surface area contributed by atoms with E-state index in [1.54, 1.807) is 33.1 Å². The molecular weight excluding hydrogens is 348 g/mol. The van der Waals surface area contributed by atoms with Gasteiger partial charge in [-0.1, -0.05) is 23.5 Å². The zero-order chi connectivity index (χ0) is 17.5. The Labute approximate surface area is 144 Å². The third-order valence-corrected chi connectivity index (χ3v) is 6.09. The highest BCUT2D eigenvalue weighted by molar-refractivity contribution is 7.89. The lowest BCUT2D eigenvalue weighted by molar-refractivity contribution is 0.414. The SMILES string of the molecule is COc1ccc(C(C)NS(=O)(=O)c2c(C)nc3sc(C)nn23)cc1. The number of ether oxygens (including phenoxy) is 1. The fraction of sp³-hybridized carbons (Fsp3) is 0.333. The van der Waals surface area contributed by atoms with Gasteiger partial charge >= 0.3 is 0 Å². The standard InChI is InChI=1S/C15H18N4O3S2/c1-9(12-5-7-13(22-4)8-6-12)18-24(20,21)14-10(2)16-15-19(14)17-11(3)23-15/h5-9,18H,1-4H3.